The Balaban J connectivity index is 1.95. The van der Waals surface area contributed by atoms with Crippen molar-refractivity contribution in [2.75, 3.05) is 24.7 Å². The van der Waals surface area contributed by atoms with Gasteiger partial charge < -0.3 is 14.2 Å². The number of amides is 4. The first-order valence-corrected chi connectivity index (χ1v) is 11.6. The fraction of sp³-hybridized carbons (Fsp3) is 0.240. The molecule has 4 amide bonds. The van der Waals surface area contributed by atoms with E-state index in [2.05, 4.69) is 33.8 Å². The number of halogens is 1. The molecular weight excluding hydrogens is 551 g/mol. The van der Waals surface area contributed by atoms with Crippen molar-refractivity contribution in [3.63, 3.8) is 0 Å². The zero-order chi connectivity index (χ0) is 24.7. The maximum absolute atomic E-state index is 13.2. The molecule has 0 radical (unpaired) electrons. The van der Waals surface area contributed by atoms with E-state index in [1.165, 1.54) is 6.08 Å². The lowest BCUT2D eigenvalue weighted by molar-refractivity contribution is -0.122. The number of ether oxygens (including phenoxy) is 3. The SMILES string of the molecule is C#CCOc1c(I)cc(/C=C2/C(=O)NC(=O)N(c3ccc(OCCC)cc3)C2=O)cc1OCC. The molecule has 1 saturated heterocycles. The lowest BCUT2D eigenvalue weighted by Crippen LogP contribution is -2.54. The number of carbonyl (C=O) groups excluding carboxylic acids is 3. The van der Waals surface area contributed by atoms with Crippen molar-refractivity contribution in [1.29, 1.82) is 0 Å². The van der Waals surface area contributed by atoms with Crippen LogP contribution in [0.4, 0.5) is 10.5 Å². The van der Waals surface area contributed by atoms with Gasteiger partial charge in [0.05, 0.1) is 22.5 Å². The highest BCUT2D eigenvalue weighted by Gasteiger charge is 2.36. The molecule has 0 unspecified atom stereocenters. The number of hydrogen-bond donors (Lipinski definition) is 1. The summed E-state index contributed by atoms with van der Waals surface area (Å²) in [6.07, 6.45) is 7.55. The second-order valence-corrected chi connectivity index (χ2v) is 8.22. The number of imide groups is 2. The van der Waals surface area contributed by atoms with Gasteiger partial charge in [0.15, 0.2) is 11.5 Å². The number of terminal acetylenes is 1. The minimum atomic E-state index is -0.822. The molecule has 0 atom stereocenters. The molecule has 1 N–H and O–H groups in total. The van der Waals surface area contributed by atoms with E-state index in [9.17, 15) is 14.4 Å². The highest BCUT2D eigenvalue weighted by Crippen LogP contribution is 2.35. The van der Waals surface area contributed by atoms with Gasteiger partial charge in [-0.15, -0.1) is 6.42 Å². The molecule has 0 saturated carbocycles. The van der Waals surface area contributed by atoms with E-state index in [1.54, 1.807) is 36.4 Å². The van der Waals surface area contributed by atoms with Crippen LogP contribution in [0.1, 0.15) is 25.8 Å². The summed E-state index contributed by atoms with van der Waals surface area (Å²) in [6, 6.07) is 9.05. The van der Waals surface area contributed by atoms with E-state index < -0.39 is 17.8 Å². The Morgan fingerprint density at radius 1 is 1.09 bits per heavy atom. The zero-order valence-corrected chi connectivity index (χ0v) is 20.9. The van der Waals surface area contributed by atoms with Crippen LogP contribution in [0.25, 0.3) is 6.08 Å². The Bertz CT molecular complexity index is 1170. The molecule has 3 rings (SSSR count). The quantitative estimate of drug-likeness (QED) is 0.209. The van der Waals surface area contributed by atoms with Crippen molar-refractivity contribution in [1.82, 2.24) is 5.32 Å². The van der Waals surface area contributed by atoms with Gasteiger partial charge in [0.2, 0.25) is 0 Å². The van der Waals surface area contributed by atoms with Crippen LogP contribution in [-0.2, 0) is 9.59 Å². The summed E-state index contributed by atoms with van der Waals surface area (Å²) in [4.78, 5) is 39.1. The minimum Gasteiger partial charge on any atom is -0.494 e. The predicted molar refractivity (Wildman–Crippen MR) is 136 cm³/mol. The van der Waals surface area contributed by atoms with Crippen molar-refractivity contribution in [2.45, 2.75) is 20.3 Å². The van der Waals surface area contributed by atoms with Crippen molar-refractivity contribution in [3.8, 4) is 29.6 Å². The summed E-state index contributed by atoms with van der Waals surface area (Å²) in [6.45, 7) is 4.81. The van der Waals surface area contributed by atoms with Crippen LogP contribution in [0.5, 0.6) is 17.2 Å². The van der Waals surface area contributed by atoms with Gasteiger partial charge in [-0.05, 0) is 84.0 Å². The van der Waals surface area contributed by atoms with E-state index in [-0.39, 0.29) is 12.2 Å². The molecule has 0 aliphatic carbocycles. The molecule has 1 aliphatic rings. The first-order valence-electron chi connectivity index (χ1n) is 10.6. The van der Waals surface area contributed by atoms with Crippen LogP contribution in [-0.4, -0.2) is 37.7 Å². The van der Waals surface area contributed by atoms with Crippen LogP contribution in [0.15, 0.2) is 42.0 Å². The lowest BCUT2D eigenvalue weighted by Gasteiger charge is -2.26. The van der Waals surface area contributed by atoms with Crippen LogP contribution in [0.3, 0.4) is 0 Å². The number of hydrogen-bond acceptors (Lipinski definition) is 6. The monoisotopic (exact) mass is 574 g/mol. The minimum absolute atomic E-state index is 0.0662. The number of anilines is 1. The van der Waals surface area contributed by atoms with Gasteiger partial charge in [-0.1, -0.05) is 12.8 Å². The maximum Gasteiger partial charge on any atom is 0.335 e. The molecule has 8 nitrogen and oxygen atoms in total. The van der Waals surface area contributed by atoms with E-state index >= 15 is 0 Å². The van der Waals surface area contributed by atoms with Crippen molar-refractivity contribution in [3.05, 3.63) is 51.1 Å². The van der Waals surface area contributed by atoms with E-state index in [1.807, 2.05) is 13.8 Å². The third-order valence-corrected chi connectivity index (χ3v) is 5.41. The molecule has 0 spiro atoms. The number of rotatable bonds is 9. The first kappa shape index (κ1) is 25.1. The van der Waals surface area contributed by atoms with E-state index in [4.69, 9.17) is 20.6 Å². The molecule has 1 heterocycles. The summed E-state index contributed by atoms with van der Waals surface area (Å²) >= 11 is 2.06. The molecule has 0 aromatic heterocycles. The molecule has 176 valence electrons. The van der Waals surface area contributed by atoms with Gasteiger partial charge in [-0.2, -0.15) is 0 Å². The largest absolute Gasteiger partial charge is 0.494 e. The Hall–Kier alpha value is -3.52. The smallest absolute Gasteiger partial charge is 0.335 e. The normalized spacial score (nSPS) is 14.6. The fourth-order valence-corrected chi connectivity index (χ4v) is 3.94. The standard InChI is InChI=1S/C25H23IN2O6/c1-4-11-33-18-9-7-17(8-10-18)28-24(30)19(23(29)27-25(28)31)13-16-14-20(26)22(34-12-5-2)21(15-16)32-6-3/h2,7-10,13-15H,4,6,11-12H2,1,3H3,(H,27,29,31)/b19-13-. The molecule has 0 bridgehead atoms. The van der Waals surface area contributed by atoms with Crippen molar-refractivity contribution in [2.24, 2.45) is 0 Å². The molecule has 9 heteroatoms. The van der Waals surface area contributed by atoms with Gasteiger partial charge in [0, 0.05) is 0 Å². The highest BCUT2D eigenvalue weighted by atomic mass is 127. The van der Waals surface area contributed by atoms with Gasteiger partial charge in [-0.3, -0.25) is 14.9 Å². The fourth-order valence-electron chi connectivity index (χ4n) is 3.16. The van der Waals surface area contributed by atoms with E-state index in [0.29, 0.717) is 45.3 Å². The predicted octanol–water partition coefficient (Wildman–Crippen LogP) is 4.16. The number of nitrogens with zero attached hydrogens (tertiary/aromatic N) is 1. The molecule has 1 aliphatic heterocycles. The Morgan fingerprint density at radius 3 is 2.47 bits per heavy atom. The molecule has 1 fully saturated rings. The van der Waals surface area contributed by atoms with Gasteiger partial charge in [0.25, 0.3) is 11.8 Å². The lowest BCUT2D eigenvalue weighted by atomic mass is 10.1. The van der Waals surface area contributed by atoms with Crippen molar-refractivity contribution >= 4 is 52.2 Å². The summed E-state index contributed by atoms with van der Waals surface area (Å²) in [5, 5.41) is 2.22. The third-order valence-electron chi connectivity index (χ3n) is 4.61. The molecule has 2 aromatic rings. The van der Waals surface area contributed by atoms with Crippen LogP contribution < -0.4 is 24.4 Å². The second-order valence-electron chi connectivity index (χ2n) is 7.06. The maximum atomic E-state index is 13.2. The average molecular weight is 574 g/mol. The topological polar surface area (TPSA) is 94.2 Å². The number of nitrogens with one attached hydrogen (secondary N) is 1. The number of urea groups is 1. The van der Waals surface area contributed by atoms with Crippen LogP contribution >= 0.6 is 22.6 Å². The van der Waals surface area contributed by atoms with Gasteiger partial charge >= 0.3 is 6.03 Å². The third kappa shape index (κ3) is 5.69. The van der Waals surface area contributed by atoms with Gasteiger partial charge in [0.1, 0.15) is 17.9 Å². The molecule has 34 heavy (non-hydrogen) atoms. The molecule has 2 aromatic carbocycles. The van der Waals surface area contributed by atoms with Crippen LogP contribution in [0, 0.1) is 15.9 Å². The number of benzene rings is 2. The Labute approximate surface area is 211 Å². The summed E-state index contributed by atoms with van der Waals surface area (Å²) in [7, 11) is 0. The first-order chi connectivity index (χ1) is 16.4. The summed E-state index contributed by atoms with van der Waals surface area (Å²) in [5.74, 6) is 2.41. The highest BCUT2D eigenvalue weighted by molar-refractivity contribution is 14.1. The molecular formula is C25H23IN2O6. The number of barbiturate groups is 1. The zero-order valence-electron chi connectivity index (χ0n) is 18.7. The van der Waals surface area contributed by atoms with E-state index in [0.717, 1.165) is 11.3 Å². The van der Waals surface area contributed by atoms with Crippen LogP contribution in [0.2, 0.25) is 0 Å². The number of carbonyl (C=O) groups is 3. The van der Waals surface area contributed by atoms with Gasteiger partial charge in [-0.25, -0.2) is 9.69 Å². The Morgan fingerprint density at radius 2 is 1.82 bits per heavy atom. The average Bonchev–Trinajstić information content (AvgIpc) is 2.81. The van der Waals surface area contributed by atoms with Crippen molar-refractivity contribution < 1.29 is 28.6 Å². The summed E-state index contributed by atoms with van der Waals surface area (Å²) in [5.41, 5.74) is 0.644. The second kappa shape index (κ2) is 11.6. The Kier molecular flexibility index (Phi) is 8.54. The summed E-state index contributed by atoms with van der Waals surface area (Å²) < 4.78 is 17.5.